The number of hydrogen-bond donors (Lipinski definition) is 0. The van der Waals surface area contributed by atoms with Crippen molar-refractivity contribution in [3.63, 3.8) is 0 Å². The number of fused-ring (bicyclic) bond motifs is 6. The first kappa shape index (κ1) is 50.5. The highest BCUT2D eigenvalue weighted by Crippen LogP contribution is 2.46. The Balaban J connectivity index is 1.22. The Hall–Kier alpha value is -13.3. The fraction of sp³-hybridized carbons (Fsp3) is 0.0141. The van der Waals surface area contributed by atoms with E-state index in [1.807, 2.05) is 110 Å². The highest BCUT2D eigenvalue weighted by molar-refractivity contribution is 6.15. The predicted molar refractivity (Wildman–Crippen MR) is 320 cm³/mol. The van der Waals surface area contributed by atoms with Gasteiger partial charge >= 0.3 is 0 Å². The summed E-state index contributed by atoms with van der Waals surface area (Å²) in [5.41, 5.74) is 15.0. The fourth-order valence-electron chi connectivity index (χ4n) is 11.2. The first-order valence-corrected chi connectivity index (χ1v) is 25.5. The van der Waals surface area contributed by atoms with Gasteiger partial charge in [-0.3, -0.25) is 0 Å². The van der Waals surface area contributed by atoms with Crippen LogP contribution >= 0.6 is 0 Å². The molecule has 0 amide bonds. The van der Waals surface area contributed by atoms with E-state index in [1.54, 1.807) is 66.7 Å². The largest absolute Gasteiger partial charge is 0.308 e. The zero-order valence-corrected chi connectivity index (χ0v) is 43.6. The molecule has 0 saturated carbocycles. The molecule has 0 aliphatic carbocycles. The minimum Gasteiger partial charge on any atom is -0.308 e. The van der Waals surface area contributed by atoms with Crippen molar-refractivity contribution in [1.82, 2.24) is 9.13 Å². The number of rotatable bonds is 7. The molecule has 12 heteroatoms. The number of nitriles is 6. The molecule has 376 valence electrons. The summed E-state index contributed by atoms with van der Waals surface area (Å²) in [6.07, 6.45) is 0. The van der Waals surface area contributed by atoms with E-state index in [-0.39, 0.29) is 0 Å². The van der Waals surface area contributed by atoms with Crippen molar-refractivity contribution in [3.8, 4) is 103 Å². The molecule has 0 atom stereocenters. The van der Waals surface area contributed by atoms with Crippen LogP contribution in [0.25, 0.3) is 130 Å². The summed E-state index contributed by atoms with van der Waals surface area (Å²) >= 11 is 0. The Kier molecular flexibility index (Phi) is 12.3. The molecule has 0 unspecified atom stereocenters. The van der Waals surface area contributed by atoms with Gasteiger partial charge in [-0.05, 0) is 190 Å². The standard InChI is InChI=1S/C71H32N12/c1-41-14-42(35-72)21-56(15-41)71-69(82-65-10-6-48(52-17-43(36-73)16-44(18-52)37-74)30-61(65)62-31-49(7-11-66(62)82)53-19-45(38-75)22-57(26-53)78-2)24-47(40-77)25-70(71)83-67-12-8-50(54-20-46(39-76)23-58(27-54)79-3)32-63(67)64-33-51(9-13-68(64)83)55-28-59(80-4)34-60(29-55)81-5/h6-34H,1H3. The topological polar surface area (TPSA) is 170 Å². The molecule has 12 nitrogen and oxygen atoms in total. The highest BCUT2D eigenvalue weighted by Gasteiger charge is 2.26. The molecule has 12 aromatic rings. The maximum Gasteiger partial charge on any atom is 0.189 e. The Morgan fingerprint density at radius 2 is 0.578 bits per heavy atom. The first-order valence-electron chi connectivity index (χ1n) is 25.5. The van der Waals surface area contributed by atoms with Gasteiger partial charge in [0.05, 0.1) is 118 Å². The van der Waals surface area contributed by atoms with E-state index in [2.05, 4.69) is 64.9 Å². The van der Waals surface area contributed by atoms with Gasteiger partial charge in [0.25, 0.3) is 0 Å². The summed E-state index contributed by atoms with van der Waals surface area (Å²) in [6, 6.07) is 66.6. The van der Waals surface area contributed by atoms with Crippen molar-refractivity contribution in [2.24, 2.45) is 0 Å². The molecule has 10 aromatic carbocycles. The molecule has 0 saturated heterocycles. The Morgan fingerprint density at radius 1 is 0.289 bits per heavy atom. The normalized spacial score (nSPS) is 10.6. The van der Waals surface area contributed by atoms with Gasteiger partial charge in [-0.25, -0.2) is 19.4 Å². The SMILES string of the molecule is [C-]#[N+]c1cc(C#N)cc(-c2ccc3c(c2)c2cc(-c4cc(C#N)cc(C#N)c4)ccc2n3-c2cc(C#N)cc(-n3c4ccc(-c5cc(C#N)cc([N+]#[C-])c5)cc4c4cc(-c5cc([N+]#[C-])cc([N+]#[C-])c5)ccc43)c2-c2cc(C)cc(C#N)c2)c1. The van der Waals surface area contributed by atoms with Crippen LogP contribution in [0.2, 0.25) is 0 Å². The lowest BCUT2D eigenvalue weighted by molar-refractivity contribution is 1.13. The van der Waals surface area contributed by atoms with Crippen molar-refractivity contribution in [2.45, 2.75) is 6.92 Å². The van der Waals surface area contributed by atoms with E-state index in [1.165, 1.54) is 6.07 Å². The van der Waals surface area contributed by atoms with Crippen LogP contribution in [0.4, 0.5) is 22.7 Å². The van der Waals surface area contributed by atoms with E-state index in [4.69, 9.17) is 26.3 Å². The quantitative estimate of drug-likeness (QED) is 0.144. The van der Waals surface area contributed by atoms with Gasteiger partial charge in [0.15, 0.2) is 22.7 Å². The minimum atomic E-state index is 0.304. The summed E-state index contributed by atoms with van der Waals surface area (Å²) in [7, 11) is 0. The summed E-state index contributed by atoms with van der Waals surface area (Å²) in [4.78, 5) is 14.6. The molecule has 83 heavy (non-hydrogen) atoms. The Labute approximate surface area is 475 Å². The predicted octanol–water partition coefficient (Wildman–Crippen LogP) is 18.0. The summed E-state index contributed by atoms with van der Waals surface area (Å²) in [5.74, 6) is 0. The van der Waals surface area contributed by atoms with Gasteiger partial charge in [0, 0.05) is 38.2 Å². The van der Waals surface area contributed by atoms with Crippen molar-refractivity contribution < 1.29 is 0 Å². The average molecular weight is 1050 g/mol. The maximum absolute atomic E-state index is 11.2. The second-order valence-electron chi connectivity index (χ2n) is 19.8. The van der Waals surface area contributed by atoms with Crippen LogP contribution < -0.4 is 0 Å². The first-order chi connectivity index (χ1) is 40.5. The molecule has 2 heterocycles. The summed E-state index contributed by atoms with van der Waals surface area (Å²) in [5, 5.41) is 65.0. The van der Waals surface area contributed by atoms with E-state index in [0.29, 0.717) is 101 Å². The zero-order valence-electron chi connectivity index (χ0n) is 43.6. The Bertz CT molecular complexity index is 4680. The van der Waals surface area contributed by atoms with Gasteiger partial charge in [-0.1, -0.05) is 48.5 Å². The maximum atomic E-state index is 11.2. The lowest BCUT2D eigenvalue weighted by Crippen LogP contribution is -2.05. The molecular weight excluding hydrogens is 1020 g/mol. The molecule has 0 aliphatic heterocycles. The highest BCUT2D eigenvalue weighted by atomic mass is 15.0. The second kappa shape index (κ2) is 20.2. The van der Waals surface area contributed by atoms with Crippen molar-refractivity contribution >= 4 is 66.4 Å². The van der Waals surface area contributed by atoms with Gasteiger partial charge < -0.3 is 9.13 Å². The van der Waals surface area contributed by atoms with Crippen LogP contribution in [0.15, 0.2) is 176 Å². The van der Waals surface area contributed by atoms with Crippen molar-refractivity contribution in [2.75, 3.05) is 0 Å². The van der Waals surface area contributed by atoms with Crippen LogP contribution in [0, 0.1) is 101 Å². The number of hydrogen-bond acceptors (Lipinski definition) is 6. The third-order valence-corrected chi connectivity index (χ3v) is 14.8. The van der Waals surface area contributed by atoms with Crippen LogP contribution in [-0.4, -0.2) is 9.13 Å². The lowest BCUT2D eigenvalue weighted by atomic mass is 9.95. The smallest absolute Gasteiger partial charge is 0.189 e. The Morgan fingerprint density at radius 3 is 0.928 bits per heavy atom. The summed E-state index contributed by atoms with van der Waals surface area (Å²) < 4.78 is 4.19. The van der Waals surface area contributed by atoms with E-state index >= 15 is 0 Å². The fourth-order valence-corrected chi connectivity index (χ4v) is 11.2. The molecule has 0 aliphatic rings. The monoisotopic (exact) mass is 1050 g/mol. The van der Waals surface area contributed by atoms with E-state index in [9.17, 15) is 31.6 Å². The average Bonchev–Trinajstić information content (AvgIpc) is 4.10. The number of aryl methyl sites for hydroxylation is 1. The lowest BCUT2D eigenvalue weighted by Gasteiger charge is -2.21. The van der Waals surface area contributed by atoms with Crippen molar-refractivity contribution in [3.05, 3.63) is 261 Å². The molecule has 0 spiro atoms. The van der Waals surface area contributed by atoms with Crippen LogP contribution in [0.1, 0.15) is 38.9 Å². The molecule has 0 N–H and O–H groups in total. The zero-order chi connectivity index (χ0) is 57.6. The van der Waals surface area contributed by atoms with Crippen LogP contribution in [-0.2, 0) is 0 Å². The van der Waals surface area contributed by atoms with E-state index < -0.39 is 0 Å². The van der Waals surface area contributed by atoms with Crippen LogP contribution in [0.3, 0.4) is 0 Å². The molecular formula is C71H32N12. The van der Waals surface area contributed by atoms with Gasteiger partial charge in [-0.15, -0.1) is 0 Å². The number of aromatic nitrogens is 2. The molecule has 0 fully saturated rings. The molecule has 0 bridgehead atoms. The molecule has 12 rings (SSSR count). The van der Waals surface area contributed by atoms with Gasteiger partial charge in [0.1, 0.15) is 0 Å². The van der Waals surface area contributed by atoms with Gasteiger partial charge in [0.2, 0.25) is 0 Å². The second-order valence-corrected chi connectivity index (χ2v) is 19.8. The third-order valence-electron chi connectivity index (χ3n) is 14.8. The van der Waals surface area contributed by atoms with E-state index in [0.717, 1.165) is 71.4 Å². The van der Waals surface area contributed by atoms with Gasteiger partial charge in [-0.2, -0.15) is 31.6 Å². The third kappa shape index (κ3) is 8.77. The van der Waals surface area contributed by atoms with Crippen molar-refractivity contribution in [1.29, 1.82) is 31.6 Å². The molecule has 2 aromatic heterocycles. The number of benzene rings is 10. The van der Waals surface area contributed by atoms with Crippen LogP contribution in [0.5, 0.6) is 0 Å². The molecule has 0 radical (unpaired) electrons. The minimum absolute atomic E-state index is 0.304. The number of nitrogens with zero attached hydrogens (tertiary/aromatic N) is 12. The summed E-state index contributed by atoms with van der Waals surface area (Å²) in [6.45, 7) is 33.3.